The Hall–Kier alpha value is -0.910. The molecule has 0 bridgehead atoms. The summed E-state index contributed by atoms with van der Waals surface area (Å²) in [5.74, 6) is -0.378. The molecule has 1 atom stereocenters. The van der Waals surface area contributed by atoms with Crippen LogP contribution in [-0.4, -0.2) is 38.1 Å². The quantitative estimate of drug-likeness (QED) is 0.482. The Balaban J connectivity index is 3.99. The van der Waals surface area contributed by atoms with Gasteiger partial charge in [0.15, 0.2) is 0 Å². The van der Waals surface area contributed by atoms with E-state index in [1.807, 2.05) is 0 Å². The molecule has 0 fully saturated rings. The van der Waals surface area contributed by atoms with Gasteiger partial charge in [0, 0.05) is 5.75 Å². The maximum atomic E-state index is 10.9. The number of hydrogen-bond donors (Lipinski definition) is 2. The first-order valence-corrected chi connectivity index (χ1v) is 3.82. The summed E-state index contributed by atoms with van der Waals surface area (Å²) in [5, 5.41) is 2.25. The molecule has 5 nitrogen and oxygen atoms in total. The lowest BCUT2D eigenvalue weighted by Crippen LogP contribution is -2.42. The van der Waals surface area contributed by atoms with Gasteiger partial charge in [0.1, 0.15) is 6.04 Å². The Morgan fingerprint density at radius 1 is 1.42 bits per heavy atom. The number of amides is 1. The van der Waals surface area contributed by atoms with Crippen LogP contribution >= 0.6 is 12.6 Å². The molecule has 1 amide bonds. The van der Waals surface area contributed by atoms with Gasteiger partial charge in [0.05, 0.1) is 14.2 Å². The van der Waals surface area contributed by atoms with E-state index in [1.54, 1.807) is 0 Å². The zero-order valence-corrected chi connectivity index (χ0v) is 7.76. The van der Waals surface area contributed by atoms with E-state index in [-0.39, 0.29) is 5.75 Å². The SMILES string of the molecule is COC(=O)N[C@@H](CS)C(=O)OC. The summed E-state index contributed by atoms with van der Waals surface area (Å²) < 4.78 is 8.68. The lowest BCUT2D eigenvalue weighted by atomic mass is 10.3. The summed E-state index contributed by atoms with van der Waals surface area (Å²) >= 11 is 3.85. The molecule has 70 valence electrons. The second kappa shape index (κ2) is 5.70. The van der Waals surface area contributed by atoms with Gasteiger partial charge in [-0.15, -0.1) is 0 Å². The van der Waals surface area contributed by atoms with Gasteiger partial charge in [-0.25, -0.2) is 9.59 Å². The smallest absolute Gasteiger partial charge is 0.407 e. The fraction of sp³-hybridized carbons (Fsp3) is 0.667. The highest BCUT2D eigenvalue weighted by Gasteiger charge is 2.19. The van der Waals surface area contributed by atoms with Crippen molar-refractivity contribution in [2.75, 3.05) is 20.0 Å². The number of carbonyl (C=O) groups excluding carboxylic acids is 2. The van der Waals surface area contributed by atoms with Crippen molar-refractivity contribution in [3.63, 3.8) is 0 Å². The molecule has 0 radical (unpaired) electrons. The highest BCUT2D eigenvalue weighted by molar-refractivity contribution is 7.80. The van der Waals surface area contributed by atoms with Crippen LogP contribution in [0, 0.1) is 0 Å². The van der Waals surface area contributed by atoms with Gasteiger partial charge in [-0.3, -0.25) is 0 Å². The third-order valence-electron chi connectivity index (χ3n) is 1.15. The normalized spacial score (nSPS) is 11.6. The van der Waals surface area contributed by atoms with Gasteiger partial charge in [-0.1, -0.05) is 0 Å². The largest absolute Gasteiger partial charge is 0.467 e. The molecule has 0 unspecified atom stereocenters. The summed E-state index contributed by atoms with van der Waals surface area (Å²) in [7, 11) is 2.44. The molecule has 0 heterocycles. The van der Waals surface area contributed by atoms with Crippen LogP contribution in [0.2, 0.25) is 0 Å². The molecule has 1 N–H and O–H groups in total. The summed E-state index contributed by atoms with van der Waals surface area (Å²) in [5.41, 5.74) is 0. The fourth-order valence-corrected chi connectivity index (χ4v) is 0.763. The van der Waals surface area contributed by atoms with E-state index in [0.29, 0.717) is 0 Å². The lowest BCUT2D eigenvalue weighted by molar-refractivity contribution is -0.142. The number of carbonyl (C=O) groups is 2. The molecule has 0 spiro atoms. The average molecular weight is 193 g/mol. The van der Waals surface area contributed by atoms with Crippen LogP contribution in [0.25, 0.3) is 0 Å². The number of methoxy groups -OCH3 is 2. The number of rotatable bonds is 3. The molecular weight excluding hydrogens is 182 g/mol. The predicted molar refractivity (Wildman–Crippen MR) is 45.2 cm³/mol. The van der Waals surface area contributed by atoms with Crippen molar-refractivity contribution < 1.29 is 19.1 Å². The number of thiol groups is 1. The standard InChI is InChI=1S/C6H11NO4S/c1-10-5(8)4(3-12)7-6(9)11-2/h4,12H,3H2,1-2H3,(H,7,9)/t4-/m0/s1. The zero-order valence-electron chi connectivity index (χ0n) is 6.86. The Morgan fingerprint density at radius 2 is 2.00 bits per heavy atom. The molecule has 0 aliphatic rings. The molecule has 0 saturated carbocycles. The van der Waals surface area contributed by atoms with Gasteiger partial charge < -0.3 is 14.8 Å². The van der Waals surface area contributed by atoms with Crippen molar-refractivity contribution >= 4 is 24.7 Å². The summed E-state index contributed by atoms with van der Waals surface area (Å²) in [6.07, 6.45) is -0.681. The Bertz CT molecular complexity index is 173. The Labute approximate surface area is 75.8 Å². The second-order valence-electron chi connectivity index (χ2n) is 1.89. The molecule has 0 aromatic carbocycles. The van der Waals surface area contributed by atoms with Crippen LogP contribution in [0.1, 0.15) is 0 Å². The molecule has 12 heavy (non-hydrogen) atoms. The van der Waals surface area contributed by atoms with Crippen molar-refractivity contribution in [2.24, 2.45) is 0 Å². The highest BCUT2D eigenvalue weighted by atomic mass is 32.1. The highest BCUT2D eigenvalue weighted by Crippen LogP contribution is 1.91. The minimum Gasteiger partial charge on any atom is -0.467 e. The third kappa shape index (κ3) is 3.47. The van der Waals surface area contributed by atoms with E-state index in [0.717, 1.165) is 0 Å². The fourth-order valence-electron chi connectivity index (χ4n) is 0.523. The number of nitrogens with one attached hydrogen (secondary N) is 1. The first kappa shape index (κ1) is 11.1. The minimum absolute atomic E-state index is 0.168. The third-order valence-corrected chi connectivity index (χ3v) is 1.51. The monoisotopic (exact) mass is 193 g/mol. The van der Waals surface area contributed by atoms with E-state index in [4.69, 9.17) is 0 Å². The van der Waals surface area contributed by atoms with E-state index in [2.05, 4.69) is 27.4 Å². The lowest BCUT2D eigenvalue weighted by Gasteiger charge is -2.12. The molecule has 0 rings (SSSR count). The molecule has 0 aliphatic heterocycles. The molecule has 0 aliphatic carbocycles. The van der Waals surface area contributed by atoms with Gasteiger partial charge in [0.2, 0.25) is 0 Å². The first-order valence-electron chi connectivity index (χ1n) is 3.18. The van der Waals surface area contributed by atoms with E-state index >= 15 is 0 Å². The topological polar surface area (TPSA) is 64.6 Å². The summed E-state index contributed by atoms with van der Waals surface area (Å²) in [6.45, 7) is 0. The van der Waals surface area contributed by atoms with Gasteiger partial charge >= 0.3 is 12.1 Å². The summed E-state index contributed by atoms with van der Waals surface area (Å²) in [4.78, 5) is 21.5. The van der Waals surface area contributed by atoms with Crippen LogP contribution in [-0.2, 0) is 14.3 Å². The van der Waals surface area contributed by atoms with Crippen LogP contribution in [0.5, 0.6) is 0 Å². The van der Waals surface area contributed by atoms with Gasteiger partial charge in [-0.2, -0.15) is 12.6 Å². The predicted octanol–water partition coefficient (Wildman–Crippen LogP) is -0.186. The van der Waals surface area contributed by atoms with Gasteiger partial charge in [-0.05, 0) is 0 Å². The van der Waals surface area contributed by atoms with E-state index in [9.17, 15) is 9.59 Å². The number of hydrogen-bond acceptors (Lipinski definition) is 5. The van der Waals surface area contributed by atoms with E-state index < -0.39 is 18.1 Å². The molecule has 0 saturated heterocycles. The maximum absolute atomic E-state index is 10.9. The minimum atomic E-state index is -0.759. The van der Waals surface area contributed by atoms with Crippen LogP contribution < -0.4 is 5.32 Å². The Kier molecular flexibility index (Phi) is 5.27. The molecular formula is C6H11NO4S. The van der Waals surface area contributed by atoms with Crippen molar-refractivity contribution in [1.29, 1.82) is 0 Å². The Morgan fingerprint density at radius 3 is 2.33 bits per heavy atom. The van der Waals surface area contributed by atoms with Crippen molar-refractivity contribution in [3.05, 3.63) is 0 Å². The number of alkyl carbamates (subject to hydrolysis) is 1. The second-order valence-corrected chi connectivity index (χ2v) is 2.26. The summed E-state index contributed by atoms with van der Waals surface area (Å²) in [6, 6.07) is -0.759. The number of esters is 1. The maximum Gasteiger partial charge on any atom is 0.407 e. The van der Waals surface area contributed by atoms with E-state index in [1.165, 1.54) is 14.2 Å². The van der Waals surface area contributed by atoms with Crippen molar-refractivity contribution in [3.8, 4) is 0 Å². The van der Waals surface area contributed by atoms with Crippen molar-refractivity contribution in [2.45, 2.75) is 6.04 Å². The van der Waals surface area contributed by atoms with Crippen LogP contribution in [0.3, 0.4) is 0 Å². The van der Waals surface area contributed by atoms with Crippen LogP contribution in [0.15, 0.2) is 0 Å². The molecule has 6 heteroatoms. The zero-order chi connectivity index (χ0) is 9.56. The van der Waals surface area contributed by atoms with Crippen LogP contribution in [0.4, 0.5) is 4.79 Å². The molecule has 0 aromatic heterocycles. The number of ether oxygens (including phenoxy) is 2. The molecule has 0 aromatic rings. The average Bonchev–Trinajstić information content (AvgIpc) is 2.12. The van der Waals surface area contributed by atoms with Gasteiger partial charge in [0.25, 0.3) is 0 Å². The van der Waals surface area contributed by atoms with Crippen molar-refractivity contribution in [1.82, 2.24) is 5.32 Å². The first-order chi connectivity index (χ1) is 5.65.